The summed E-state index contributed by atoms with van der Waals surface area (Å²) in [6, 6.07) is 35.0. The van der Waals surface area contributed by atoms with Crippen molar-refractivity contribution >= 4 is 88.0 Å². The highest BCUT2D eigenvalue weighted by molar-refractivity contribution is 9.10. The van der Waals surface area contributed by atoms with E-state index < -0.39 is 36.7 Å². The molecule has 0 radical (unpaired) electrons. The van der Waals surface area contributed by atoms with Crippen molar-refractivity contribution in [3.63, 3.8) is 0 Å². The summed E-state index contributed by atoms with van der Waals surface area (Å²) < 4.78 is 16.9. The second-order valence-electron chi connectivity index (χ2n) is 19.0. The van der Waals surface area contributed by atoms with Crippen LogP contribution in [0.4, 0.5) is 38.5 Å². The summed E-state index contributed by atoms with van der Waals surface area (Å²) in [4.78, 5) is 49.3. The van der Waals surface area contributed by atoms with E-state index in [0.29, 0.717) is 0 Å². The molecule has 2 heterocycles. The Morgan fingerprint density at radius 2 is 0.811 bits per heavy atom. The molecule has 8 rings (SSSR count). The lowest BCUT2D eigenvalue weighted by Crippen LogP contribution is -2.16. The van der Waals surface area contributed by atoms with Gasteiger partial charge in [0, 0.05) is 125 Å². The van der Waals surface area contributed by atoms with E-state index in [0.717, 1.165) is 67.6 Å². The van der Waals surface area contributed by atoms with Gasteiger partial charge in [0.2, 0.25) is 0 Å². The van der Waals surface area contributed by atoms with Gasteiger partial charge >= 0.3 is 0 Å². The summed E-state index contributed by atoms with van der Waals surface area (Å²) in [5.41, 5.74) is 18.1. The molecule has 0 fully saturated rings. The van der Waals surface area contributed by atoms with Crippen LogP contribution in [0.5, 0.6) is 0 Å². The number of nitrogens with zero attached hydrogens (tertiary/aromatic N) is 7. The molecule has 22 heteroatoms. The molecule has 0 unspecified atom stereocenters. The van der Waals surface area contributed by atoms with Crippen LogP contribution >= 0.6 is 15.9 Å². The first-order valence-electron chi connectivity index (χ1n) is 29.3. The average molecular weight is 1350 g/mol. The van der Waals surface area contributed by atoms with Gasteiger partial charge in [0.05, 0.1) is 32.7 Å². The zero-order valence-electron chi connectivity index (χ0n) is 56.7. The Morgan fingerprint density at radius 1 is 0.489 bits per heavy atom. The van der Waals surface area contributed by atoms with Gasteiger partial charge < -0.3 is 14.9 Å². The topological polar surface area (TPSA) is 252 Å². The van der Waals surface area contributed by atoms with Crippen molar-refractivity contribution in [3.05, 3.63) is 241 Å². The van der Waals surface area contributed by atoms with Gasteiger partial charge in [-0.1, -0.05) is 181 Å². The van der Waals surface area contributed by atoms with Gasteiger partial charge in [-0.2, -0.15) is 0 Å². The zero-order valence-corrected chi connectivity index (χ0v) is 60.3. The van der Waals surface area contributed by atoms with Gasteiger partial charge in [0.25, 0.3) is 28.4 Å². The number of nitro groups is 5. The Bertz CT molecular complexity index is 3350. The Morgan fingerprint density at radius 3 is 1.18 bits per heavy atom. The maximum Gasteiger partial charge on any atom is 0.270 e. The fraction of sp³-hybridized carbons (Fsp3) is 0.353. The number of halogens is 2. The molecule has 2 N–H and O–H groups in total. The number of benzene rings is 6. The molecule has 0 aliphatic heterocycles. The van der Waals surface area contributed by atoms with Crippen molar-refractivity contribution in [1.29, 1.82) is 0 Å². The molecule has 0 aliphatic carbocycles. The molecule has 0 aliphatic rings. The molecule has 2 aromatic heterocycles. The molecular weight excluding hydrogens is 1240 g/mol. The highest BCUT2D eigenvalue weighted by atomic mass is 79.9. The summed E-state index contributed by atoms with van der Waals surface area (Å²) in [7, 11) is 1.63. The first-order chi connectivity index (χ1) is 41.8. The van der Waals surface area contributed by atoms with E-state index in [1.165, 1.54) is 47.3 Å². The number of hydrogen-bond donors (Lipinski definition) is 1. The smallest absolute Gasteiger partial charge is 0.270 e. The molecule has 0 spiro atoms. The number of rotatable bonds is 6. The van der Waals surface area contributed by atoms with Crippen LogP contribution in [0.2, 0.25) is 39.3 Å². The second kappa shape index (κ2) is 51.3. The van der Waals surface area contributed by atoms with Gasteiger partial charge in [0.15, 0.2) is 0 Å². The highest BCUT2D eigenvalue weighted by Crippen LogP contribution is 2.23. The zero-order chi connectivity index (χ0) is 70.4. The standard InChI is InChI=1S/C12H15NO2Si.C9H8N2O2.C9H10N2.C7H6BrNO2.C7H7NO2.C6H4FNO2.C5H12Si.6C2H6.CH4/c1-10-5-6-12(13(14)15)9-11(10)7-8-16(2,3)4;1-10-5-4-7-6-8(11(12)13)2-3-9(7)10;1-11-5-4-7-6-8(10)2-3-9(7)11;1-5-2-3-6(9(10)11)4-7(5)8;1-6-2-4-7(5-3-6)8(9)10;7-5-1-3-6(4-2-5)8(9)10;1-5-6(2,3)4;6*1-2;/h5-6,9H,1-4H3;2-6H,1H3;2-6H,10H2,1H3;2-4H,1H3;2-5H,1H3;1-4H;5H,1H2,2-4H3;6*1-2H3;1H4. The summed E-state index contributed by atoms with van der Waals surface area (Å²) in [5, 5.41) is 53.5. The lowest BCUT2D eigenvalue weighted by atomic mass is 10.1. The fourth-order valence-corrected chi connectivity index (χ4v) is 6.60. The maximum absolute atomic E-state index is 12.1. The van der Waals surface area contributed by atoms with Crippen LogP contribution < -0.4 is 5.73 Å². The van der Waals surface area contributed by atoms with E-state index >= 15 is 0 Å². The molecule has 496 valence electrons. The largest absolute Gasteiger partial charge is 0.399 e. The normalized spacial score (nSPS) is 9.08. The molecule has 0 bridgehead atoms. The molecule has 18 nitrogen and oxygen atoms in total. The van der Waals surface area contributed by atoms with Crippen molar-refractivity contribution in [1.82, 2.24) is 9.13 Å². The lowest BCUT2D eigenvalue weighted by molar-refractivity contribution is -0.385. The molecule has 8 aromatic rings. The van der Waals surface area contributed by atoms with Crippen LogP contribution in [-0.4, -0.2) is 49.9 Å². The Kier molecular flexibility index (Phi) is 52.7. The van der Waals surface area contributed by atoms with Crippen LogP contribution in [0.1, 0.15) is 113 Å². The first-order valence-corrected chi connectivity index (χ1v) is 37.1. The first kappa shape index (κ1) is 92.5. The SMILES string of the molecule is C.C=C[Si](C)(C)C.CC.CC.CC.CC.CC.CC.Cc1ccc([N+](=O)[O-])cc1.Cc1ccc([N+](=O)[O-])cc1Br.Cc1ccc([N+](=O)[O-])cc1C#C[Si](C)(C)C.Cn1ccc2cc(N)ccc21.Cn1ccc2cc([N+](=O)[O-])ccc21.O=[N+]([O-])c1ccc(F)cc1. The average Bonchev–Trinajstić information content (AvgIpc) is 4.13. The van der Waals surface area contributed by atoms with E-state index in [1.54, 1.807) is 42.5 Å². The monoisotopic (exact) mass is 1340 g/mol. The Labute approximate surface area is 546 Å². The molecule has 0 saturated heterocycles. The molecule has 0 atom stereocenters. The number of anilines is 1. The summed E-state index contributed by atoms with van der Waals surface area (Å²) >= 11 is 3.21. The quantitative estimate of drug-likeness (QED) is 0.0538. The molecule has 0 amide bonds. The third-order valence-corrected chi connectivity index (χ3v) is 13.2. The van der Waals surface area contributed by atoms with Crippen LogP contribution in [0, 0.1) is 88.6 Å². The Balaban J connectivity index is -0.000000224. The minimum atomic E-state index is -1.44. The third-order valence-electron chi connectivity index (χ3n) is 10.3. The number of nitro benzene ring substituents is 5. The summed E-state index contributed by atoms with van der Waals surface area (Å²) in [6.45, 7) is 46.6. The van der Waals surface area contributed by atoms with Gasteiger partial charge in [-0.15, -0.1) is 17.8 Å². The third kappa shape index (κ3) is 40.0. The number of aryl methyl sites for hydroxylation is 5. The lowest BCUT2D eigenvalue weighted by Gasteiger charge is -2.04. The number of hydrogen-bond acceptors (Lipinski definition) is 11. The number of non-ortho nitro benzene ring substituents is 5. The van der Waals surface area contributed by atoms with Crippen molar-refractivity contribution in [3.8, 4) is 11.5 Å². The predicted molar refractivity (Wildman–Crippen MR) is 390 cm³/mol. The Hall–Kier alpha value is -8.66. The van der Waals surface area contributed by atoms with Gasteiger partial charge in [-0.25, -0.2) is 4.39 Å². The fourth-order valence-electron chi connectivity index (χ4n) is 5.72. The molecule has 6 aromatic carbocycles. The van der Waals surface area contributed by atoms with Crippen LogP contribution in [-0.2, 0) is 14.1 Å². The summed E-state index contributed by atoms with van der Waals surface area (Å²) in [6.07, 6.45) is 3.92. The van der Waals surface area contributed by atoms with Crippen molar-refractivity contribution in [2.45, 2.75) is 151 Å². The number of fused-ring (bicyclic) bond motifs is 2. The molecule has 0 saturated carbocycles. The molecule has 90 heavy (non-hydrogen) atoms. The van der Waals surface area contributed by atoms with Crippen molar-refractivity contribution in [2.24, 2.45) is 14.1 Å². The van der Waals surface area contributed by atoms with E-state index in [1.807, 2.05) is 159 Å². The minimum Gasteiger partial charge on any atom is -0.399 e. The van der Waals surface area contributed by atoms with E-state index in [-0.39, 0.29) is 45.7 Å². The minimum absolute atomic E-state index is 0. The van der Waals surface area contributed by atoms with Crippen LogP contribution in [0.3, 0.4) is 0 Å². The highest BCUT2D eigenvalue weighted by Gasteiger charge is 2.11. The van der Waals surface area contributed by atoms with Crippen LogP contribution in [0.15, 0.2) is 163 Å². The van der Waals surface area contributed by atoms with E-state index in [9.17, 15) is 55.0 Å². The summed E-state index contributed by atoms with van der Waals surface area (Å²) in [5.74, 6) is 2.59. The number of nitrogens with two attached hydrogens (primary N) is 1. The second-order valence-corrected chi connectivity index (χ2v) is 29.8. The van der Waals surface area contributed by atoms with E-state index in [2.05, 4.69) is 89.6 Å². The van der Waals surface area contributed by atoms with Crippen molar-refractivity contribution in [2.75, 3.05) is 5.73 Å². The molecular formula is C68H102BrFN8O10Si2. The number of aromatic nitrogens is 2. The van der Waals surface area contributed by atoms with Crippen molar-refractivity contribution < 1.29 is 29.0 Å². The van der Waals surface area contributed by atoms with Gasteiger partial charge in [-0.3, -0.25) is 50.6 Å². The van der Waals surface area contributed by atoms with Crippen LogP contribution in [0.25, 0.3) is 21.8 Å². The van der Waals surface area contributed by atoms with Gasteiger partial charge in [-0.05, 0) is 80.4 Å². The number of nitrogen functional groups attached to an aromatic ring is 1. The van der Waals surface area contributed by atoms with E-state index in [4.69, 9.17) is 5.73 Å². The van der Waals surface area contributed by atoms with Gasteiger partial charge in [0.1, 0.15) is 13.9 Å². The predicted octanol–water partition coefficient (Wildman–Crippen LogP) is 22.1. The maximum atomic E-state index is 12.1.